The van der Waals surface area contributed by atoms with Gasteiger partial charge in [0.15, 0.2) is 0 Å². The van der Waals surface area contributed by atoms with Crippen LogP contribution in [0.15, 0.2) is 29.2 Å². The molecule has 0 bridgehead atoms. The first kappa shape index (κ1) is 25.3. The van der Waals surface area contributed by atoms with Gasteiger partial charge in [0.05, 0.1) is 4.90 Å². The van der Waals surface area contributed by atoms with E-state index in [1.165, 1.54) is 35.7 Å². The zero-order chi connectivity index (χ0) is 24.0. The second-order valence-corrected chi connectivity index (χ2v) is 11.3. The Bertz CT molecular complexity index is 905. The smallest absolute Gasteiger partial charge is 0.321 e. The monoisotopic (exact) mass is 479 g/mol. The molecule has 1 saturated carbocycles. The molecule has 1 aliphatic heterocycles. The highest BCUT2D eigenvalue weighted by Crippen LogP contribution is 2.20. The van der Waals surface area contributed by atoms with Gasteiger partial charge in [-0.1, -0.05) is 19.3 Å². The number of hydrogen-bond acceptors (Lipinski definition) is 4. The molecule has 4 amide bonds. The normalized spacial score (nSPS) is 18.4. The van der Waals surface area contributed by atoms with Crippen LogP contribution in [0.1, 0.15) is 58.8 Å². The number of benzene rings is 1. The number of amides is 4. The standard InChI is InChI=1S/C23H37N5O4S/c1-17(2)27(3)33(31,32)21-11-9-19(10-12-21)26-23(30)28-15-13-20(14-16-28)25-22(29)24-18-7-5-4-6-8-18/h9-12,17-18,20H,4-8,13-16H2,1-3H3,(H,26,30)(H2,24,25,29). The summed E-state index contributed by atoms with van der Waals surface area (Å²) in [4.78, 5) is 26.8. The van der Waals surface area contributed by atoms with Gasteiger partial charge in [-0.05, 0) is 63.8 Å². The van der Waals surface area contributed by atoms with Gasteiger partial charge >= 0.3 is 12.1 Å². The number of urea groups is 2. The summed E-state index contributed by atoms with van der Waals surface area (Å²) < 4.78 is 26.5. The van der Waals surface area contributed by atoms with Gasteiger partial charge in [0.25, 0.3) is 0 Å². The summed E-state index contributed by atoms with van der Waals surface area (Å²) in [5.74, 6) is 0. The van der Waals surface area contributed by atoms with Crippen molar-refractivity contribution in [1.82, 2.24) is 19.8 Å². The van der Waals surface area contributed by atoms with Crippen LogP contribution < -0.4 is 16.0 Å². The summed E-state index contributed by atoms with van der Waals surface area (Å²) >= 11 is 0. The van der Waals surface area contributed by atoms with E-state index in [0.29, 0.717) is 31.6 Å². The predicted octanol–water partition coefficient (Wildman–Crippen LogP) is 3.34. The van der Waals surface area contributed by atoms with Crippen molar-refractivity contribution in [3.63, 3.8) is 0 Å². The SMILES string of the molecule is CC(C)N(C)S(=O)(=O)c1ccc(NC(=O)N2CCC(NC(=O)NC3CCCCC3)CC2)cc1. The molecule has 3 N–H and O–H groups in total. The first-order valence-electron chi connectivity index (χ1n) is 11.9. The third kappa shape index (κ3) is 6.83. The molecule has 1 heterocycles. The van der Waals surface area contributed by atoms with Crippen LogP contribution in [-0.2, 0) is 10.0 Å². The summed E-state index contributed by atoms with van der Waals surface area (Å²) in [5.41, 5.74) is 0.540. The summed E-state index contributed by atoms with van der Waals surface area (Å²) in [6, 6.07) is 6.06. The van der Waals surface area contributed by atoms with Crippen LogP contribution in [0.2, 0.25) is 0 Å². The Morgan fingerprint density at radius 1 is 0.939 bits per heavy atom. The number of nitrogens with zero attached hydrogens (tertiary/aromatic N) is 2. The van der Waals surface area contributed by atoms with Crippen LogP contribution >= 0.6 is 0 Å². The van der Waals surface area contributed by atoms with Crippen LogP contribution in [0.25, 0.3) is 0 Å². The van der Waals surface area contributed by atoms with Gasteiger partial charge in [0, 0.05) is 44.0 Å². The molecule has 0 aromatic heterocycles. The van der Waals surface area contributed by atoms with E-state index in [1.807, 2.05) is 13.8 Å². The number of sulfonamides is 1. The molecule has 9 nitrogen and oxygen atoms in total. The number of piperidine rings is 1. The fourth-order valence-corrected chi connectivity index (χ4v) is 5.61. The van der Waals surface area contributed by atoms with Crippen LogP contribution in [0.3, 0.4) is 0 Å². The average molecular weight is 480 g/mol. The van der Waals surface area contributed by atoms with E-state index in [4.69, 9.17) is 0 Å². The molecule has 33 heavy (non-hydrogen) atoms. The number of likely N-dealkylation sites (tertiary alicyclic amines) is 1. The fourth-order valence-electron chi connectivity index (χ4n) is 4.24. The van der Waals surface area contributed by atoms with Gasteiger partial charge in [-0.25, -0.2) is 18.0 Å². The Kier molecular flexibility index (Phi) is 8.58. The average Bonchev–Trinajstić information content (AvgIpc) is 2.80. The molecule has 0 radical (unpaired) electrons. The Balaban J connectivity index is 1.45. The van der Waals surface area contributed by atoms with Gasteiger partial charge in [-0.3, -0.25) is 0 Å². The first-order chi connectivity index (χ1) is 15.7. The molecule has 1 aromatic rings. The Labute approximate surface area is 197 Å². The zero-order valence-corrected chi connectivity index (χ0v) is 20.7. The van der Waals surface area contributed by atoms with Crippen molar-refractivity contribution in [3.8, 4) is 0 Å². The quantitative estimate of drug-likeness (QED) is 0.581. The molecular formula is C23H37N5O4S. The number of hydrogen-bond donors (Lipinski definition) is 3. The third-order valence-corrected chi connectivity index (χ3v) is 8.62. The minimum Gasteiger partial charge on any atom is -0.335 e. The van der Waals surface area contributed by atoms with E-state index >= 15 is 0 Å². The second-order valence-electron chi connectivity index (χ2n) is 9.28. The Morgan fingerprint density at radius 2 is 1.48 bits per heavy atom. The lowest BCUT2D eigenvalue weighted by atomic mass is 9.96. The molecular weight excluding hydrogens is 442 g/mol. The second kappa shape index (κ2) is 11.2. The zero-order valence-electron chi connectivity index (χ0n) is 19.8. The van der Waals surface area contributed by atoms with Gasteiger partial charge in [0.1, 0.15) is 0 Å². The van der Waals surface area contributed by atoms with Crippen molar-refractivity contribution in [3.05, 3.63) is 24.3 Å². The molecule has 2 fully saturated rings. The fraction of sp³-hybridized carbons (Fsp3) is 0.652. The van der Waals surface area contributed by atoms with Gasteiger partial charge in [-0.2, -0.15) is 4.31 Å². The highest BCUT2D eigenvalue weighted by atomic mass is 32.2. The lowest BCUT2D eigenvalue weighted by Crippen LogP contribution is -2.51. The molecule has 10 heteroatoms. The molecule has 0 unspecified atom stereocenters. The summed E-state index contributed by atoms with van der Waals surface area (Å²) in [5, 5.41) is 8.95. The minimum atomic E-state index is -3.56. The number of carbonyl (C=O) groups excluding carboxylic acids is 2. The molecule has 3 rings (SSSR count). The van der Waals surface area contributed by atoms with E-state index in [-0.39, 0.29) is 35.1 Å². The highest BCUT2D eigenvalue weighted by molar-refractivity contribution is 7.89. The number of carbonyl (C=O) groups is 2. The van der Waals surface area contributed by atoms with E-state index in [2.05, 4.69) is 16.0 Å². The van der Waals surface area contributed by atoms with Crippen LogP contribution in [0.4, 0.5) is 15.3 Å². The van der Waals surface area contributed by atoms with Crippen LogP contribution in [0, 0.1) is 0 Å². The van der Waals surface area contributed by atoms with E-state index < -0.39 is 10.0 Å². The molecule has 2 aliphatic rings. The van der Waals surface area contributed by atoms with Crippen molar-refractivity contribution < 1.29 is 18.0 Å². The maximum atomic E-state index is 12.6. The summed E-state index contributed by atoms with van der Waals surface area (Å²) in [7, 11) is -2.01. The molecule has 184 valence electrons. The van der Waals surface area contributed by atoms with Gasteiger partial charge < -0.3 is 20.9 Å². The molecule has 1 saturated heterocycles. The number of nitrogens with one attached hydrogen (secondary N) is 3. The number of anilines is 1. The van der Waals surface area contributed by atoms with E-state index in [1.54, 1.807) is 24.1 Å². The molecule has 1 aliphatic carbocycles. The summed E-state index contributed by atoms with van der Waals surface area (Å²) in [6.07, 6.45) is 7.09. The van der Waals surface area contributed by atoms with Crippen molar-refractivity contribution in [1.29, 1.82) is 0 Å². The maximum absolute atomic E-state index is 12.6. The minimum absolute atomic E-state index is 0.0556. The van der Waals surface area contributed by atoms with Crippen LogP contribution in [0.5, 0.6) is 0 Å². The Morgan fingerprint density at radius 3 is 2.03 bits per heavy atom. The van der Waals surface area contributed by atoms with Crippen molar-refractivity contribution in [2.45, 2.75) is 81.8 Å². The maximum Gasteiger partial charge on any atom is 0.321 e. The van der Waals surface area contributed by atoms with E-state index in [9.17, 15) is 18.0 Å². The van der Waals surface area contributed by atoms with E-state index in [0.717, 1.165) is 12.8 Å². The summed E-state index contributed by atoms with van der Waals surface area (Å²) in [6.45, 7) is 4.72. The van der Waals surface area contributed by atoms with Gasteiger partial charge in [-0.15, -0.1) is 0 Å². The highest BCUT2D eigenvalue weighted by Gasteiger charge is 2.26. The van der Waals surface area contributed by atoms with Gasteiger partial charge in [0.2, 0.25) is 10.0 Å². The largest absolute Gasteiger partial charge is 0.335 e. The topological polar surface area (TPSA) is 111 Å². The van der Waals surface area contributed by atoms with Crippen molar-refractivity contribution in [2.75, 3.05) is 25.5 Å². The third-order valence-electron chi connectivity index (χ3n) is 6.57. The first-order valence-corrected chi connectivity index (χ1v) is 13.3. The predicted molar refractivity (Wildman–Crippen MR) is 129 cm³/mol. The lowest BCUT2D eigenvalue weighted by molar-refractivity contribution is 0.186. The van der Waals surface area contributed by atoms with Crippen molar-refractivity contribution >= 4 is 27.8 Å². The number of rotatable bonds is 6. The lowest BCUT2D eigenvalue weighted by Gasteiger charge is -2.33. The van der Waals surface area contributed by atoms with Crippen LogP contribution in [-0.4, -0.2) is 67.9 Å². The van der Waals surface area contributed by atoms with Crippen molar-refractivity contribution in [2.24, 2.45) is 0 Å². The molecule has 0 atom stereocenters. The Hall–Kier alpha value is -2.33. The molecule has 1 aromatic carbocycles. The molecule has 0 spiro atoms.